The van der Waals surface area contributed by atoms with Crippen LogP contribution >= 0.6 is 0 Å². The van der Waals surface area contributed by atoms with E-state index in [-0.39, 0.29) is 5.92 Å². The quantitative estimate of drug-likeness (QED) is 0.755. The molecule has 0 radical (unpaired) electrons. The van der Waals surface area contributed by atoms with E-state index in [2.05, 4.69) is 18.1 Å². The lowest BCUT2D eigenvalue weighted by atomic mass is 10.0. The van der Waals surface area contributed by atoms with Gasteiger partial charge in [0, 0.05) is 5.39 Å². The summed E-state index contributed by atoms with van der Waals surface area (Å²) in [5.74, 6) is 1.29. The monoisotopic (exact) mass is 310 g/mol. The topological polar surface area (TPSA) is 17.8 Å². The van der Waals surface area contributed by atoms with E-state index >= 15 is 0 Å². The van der Waals surface area contributed by atoms with Crippen LogP contribution in [-0.2, 0) is 6.54 Å². The number of halogens is 3. The van der Waals surface area contributed by atoms with E-state index in [9.17, 15) is 13.2 Å². The van der Waals surface area contributed by atoms with Crippen molar-refractivity contribution < 1.29 is 13.2 Å². The Labute approximate surface area is 128 Å². The summed E-state index contributed by atoms with van der Waals surface area (Å²) >= 11 is 0. The van der Waals surface area contributed by atoms with Crippen molar-refractivity contribution >= 4 is 10.9 Å². The molecule has 0 amide bonds. The lowest BCUT2D eigenvalue weighted by molar-refractivity contribution is -0.141. The molecule has 22 heavy (non-hydrogen) atoms. The molecular formula is C17H21F3N2. The van der Waals surface area contributed by atoms with Crippen molar-refractivity contribution in [3.8, 4) is 0 Å². The number of rotatable bonds is 4. The van der Waals surface area contributed by atoms with Gasteiger partial charge in [-0.1, -0.05) is 39.3 Å². The minimum atomic E-state index is -4.26. The van der Waals surface area contributed by atoms with Crippen LogP contribution in [0.5, 0.6) is 0 Å². The molecule has 2 aromatic rings. The molecule has 1 aromatic heterocycles. The van der Waals surface area contributed by atoms with Crippen LogP contribution < -0.4 is 0 Å². The number of hydrogen-bond donors (Lipinski definition) is 0. The zero-order valence-corrected chi connectivity index (χ0v) is 13.1. The zero-order valence-electron chi connectivity index (χ0n) is 13.1. The van der Waals surface area contributed by atoms with Crippen molar-refractivity contribution in [1.29, 1.82) is 0 Å². The molecular weight excluding hydrogens is 289 g/mol. The van der Waals surface area contributed by atoms with Gasteiger partial charge < -0.3 is 0 Å². The van der Waals surface area contributed by atoms with E-state index in [1.165, 1.54) is 0 Å². The summed E-state index contributed by atoms with van der Waals surface area (Å²) in [5.41, 5.74) is 2.51. The predicted molar refractivity (Wildman–Crippen MR) is 81.0 cm³/mol. The van der Waals surface area contributed by atoms with Crippen LogP contribution in [0.2, 0.25) is 0 Å². The first-order valence-corrected chi connectivity index (χ1v) is 7.87. The molecule has 3 rings (SSSR count). The molecule has 0 unspecified atom stereocenters. The van der Waals surface area contributed by atoms with Gasteiger partial charge in [-0.25, -0.2) is 0 Å². The van der Waals surface area contributed by atoms with Crippen molar-refractivity contribution in [2.45, 2.75) is 58.2 Å². The number of aromatic nitrogens is 2. The zero-order chi connectivity index (χ0) is 16.1. The summed E-state index contributed by atoms with van der Waals surface area (Å²) in [6.07, 6.45) is -1.98. The molecule has 2 atom stereocenters. The maximum atomic E-state index is 12.8. The summed E-state index contributed by atoms with van der Waals surface area (Å²) in [4.78, 5) is 0. The van der Waals surface area contributed by atoms with Crippen LogP contribution in [0.25, 0.3) is 10.9 Å². The van der Waals surface area contributed by atoms with E-state index < -0.39 is 12.7 Å². The van der Waals surface area contributed by atoms with Crippen molar-refractivity contribution in [2.75, 3.05) is 0 Å². The highest BCUT2D eigenvalue weighted by Gasteiger charge is 2.37. The van der Waals surface area contributed by atoms with E-state index in [4.69, 9.17) is 0 Å². The average molecular weight is 310 g/mol. The lowest BCUT2D eigenvalue weighted by Crippen LogP contribution is -2.18. The Balaban J connectivity index is 2.06. The van der Waals surface area contributed by atoms with E-state index in [0.29, 0.717) is 17.4 Å². The summed E-state index contributed by atoms with van der Waals surface area (Å²) < 4.78 is 39.5. The van der Waals surface area contributed by atoms with Crippen LogP contribution in [-0.4, -0.2) is 16.0 Å². The number of benzene rings is 1. The minimum Gasteiger partial charge on any atom is -0.255 e. The largest absolute Gasteiger partial charge is 0.408 e. The SMILES string of the molecule is CC[C@H]1C[C@@H]1c1ccc2c(C(C)C)nn(CC(F)(F)F)c2c1. The number of hydrogen-bond acceptors (Lipinski definition) is 1. The molecule has 0 N–H and O–H groups in total. The Morgan fingerprint density at radius 3 is 2.59 bits per heavy atom. The summed E-state index contributed by atoms with van der Waals surface area (Å²) in [6.45, 7) is 5.05. The number of nitrogens with zero attached hydrogens (tertiary/aromatic N) is 2. The smallest absolute Gasteiger partial charge is 0.255 e. The van der Waals surface area contributed by atoms with Crippen molar-refractivity contribution in [1.82, 2.24) is 9.78 Å². The van der Waals surface area contributed by atoms with Crippen LogP contribution in [0, 0.1) is 5.92 Å². The van der Waals surface area contributed by atoms with E-state index in [1.54, 1.807) is 0 Å². The molecule has 5 heteroatoms. The molecule has 2 nitrogen and oxygen atoms in total. The van der Waals surface area contributed by atoms with Crippen LogP contribution in [0.4, 0.5) is 13.2 Å². The molecule has 0 saturated heterocycles. The summed E-state index contributed by atoms with van der Waals surface area (Å²) in [5, 5.41) is 5.08. The van der Waals surface area contributed by atoms with Crippen LogP contribution in [0.3, 0.4) is 0 Å². The summed E-state index contributed by atoms with van der Waals surface area (Å²) in [6, 6.07) is 5.93. The van der Waals surface area contributed by atoms with E-state index in [0.717, 1.165) is 34.2 Å². The molecule has 1 aromatic carbocycles. The first-order chi connectivity index (χ1) is 10.3. The highest BCUT2D eigenvalue weighted by molar-refractivity contribution is 5.83. The lowest BCUT2D eigenvalue weighted by Gasteiger charge is -2.08. The van der Waals surface area contributed by atoms with Gasteiger partial charge in [-0.15, -0.1) is 0 Å². The molecule has 0 aliphatic heterocycles. The molecule has 1 aliphatic carbocycles. The first-order valence-electron chi connectivity index (χ1n) is 7.87. The van der Waals surface area contributed by atoms with Gasteiger partial charge in [0.25, 0.3) is 0 Å². The predicted octanol–water partition coefficient (Wildman–Crippen LogP) is 5.24. The number of fused-ring (bicyclic) bond motifs is 1. The maximum absolute atomic E-state index is 12.8. The van der Waals surface area contributed by atoms with Gasteiger partial charge in [0.15, 0.2) is 0 Å². The van der Waals surface area contributed by atoms with Crippen LogP contribution in [0.1, 0.15) is 56.7 Å². The Morgan fingerprint density at radius 2 is 2.05 bits per heavy atom. The Morgan fingerprint density at radius 1 is 1.32 bits per heavy atom. The molecule has 1 fully saturated rings. The highest BCUT2D eigenvalue weighted by Crippen LogP contribution is 2.50. The number of alkyl halides is 3. The molecule has 0 spiro atoms. The Hall–Kier alpha value is -1.52. The maximum Gasteiger partial charge on any atom is 0.408 e. The van der Waals surface area contributed by atoms with Gasteiger partial charge in [-0.05, 0) is 35.8 Å². The molecule has 120 valence electrons. The average Bonchev–Trinajstić information content (AvgIpc) is 3.14. The fourth-order valence-electron chi connectivity index (χ4n) is 3.27. The summed E-state index contributed by atoms with van der Waals surface area (Å²) in [7, 11) is 0. The Bertz CT molecular complexity index is 685. The standard InChI is InChI=1S/C17H21F3N2/c1-4-11-7-14(11)12-5-6-13-15(8-12)22(9-17(18,19)20)21-16(13)10(2)3/h5-6,8,10-11,14H,4,7,9H2,1-3H3/t11-,14-/m0/s1. The third kappa shape index (κ3) is 2.85. The van der Waals surface area contributed by atoms with Gasteiger partial charge in [-0.2, -0.15) is 18.3 Å². The molecule has 0 bridgehead atoms. The van der Waals surface area contributed by atoms with Gasteiger partial charge in [-0.3, -0.25) is 4.68 Å². The Kier molecular flexibility index (Phi) is 3.69. The van der Waals surface area contributed by atoms with Gasteiger partial charge >= 0.3 is 6.18 Å². The van der Waals surface area contributed by atoms with E-state index in [1.807, 2.05) is 26.0 Å². The normalized spacial score (nSPS) is 21.8. The second kappa shape index (κ2) is 5.28. The van der Waals surface area contributed by atoms with Gasteiger partial charge in [0.05, 0.1) is 11.2 Å². The molecule has 1 heterocycles. The minimum absolute atomic E-state index is 0.104. The van der Waals surface area contributed by atoms with Gasteiger partial charge in [0.1, 0.15) is 6.54 Å². The third-order valence-electron chi connectivity index (χ3n) is 4.56. The van der Waals surface area contributed by atoms with Gasteiger partial charge in [0.2, 0.25) is 0 Å². The molecule has 1 aliphatic rings. The fourth-order valence-corrected chi connectivity index (χ4v) is 3.27. The third-order valence-corrected chi connectivity index (χ3v) is 4.56. The first kappa shape index (κ1) is 15.4. The second-order valence-electron chi connectivity index (χ2n) is 6.60. The van der Waals surface area contributed by atoms with Crippen molar-refractivity contribution in [3.05, 3.63) is 29.5 Å². The molecule has 1 saturated carbocycles. The van der Waals surface area contributed by atoms with Crippen molar-refractivity contribution in [3.63, 3.8) is 0 Å². The second-order valence-corrected chi connectivity index (χ2v) is 6.60. The fraction of sp³-hybridized carbons (Fsp3) is 0.588. The van der Waals surface area contributed by atoms with Crippen LogP contribution in [0.15, 0.2) is 18.2 Å². The highest BCUT2D eigenvalue weighted by atomic mass is 19.4. The van der Waals surface area contributed by atoms with Crippen molar-refractivity contribution in [2.24, 2.45) is 5.92 Å².